The first-order valence-electron chi connectivity index (χ1n) is 6.94. The third kappa shape index (κ3) is 3.73. The third-order valence-electron chi connectivity index (χ3n) is 3.95. The maximum Gasteiger partial charge on any atom is 0.340 e. The number of carbonyl (C=O) groups is 1. The molecule has 0 aliphatic heterocycles. The van der Waals surface area contributed by atoms with Crippen molar-refractivity contribution < 1.29 is 14.5 Å². The van der Waals surface area contributed by atoms with E-state index in [0.29, 0.717) is 0 Å². The summed E-state index contributed by atoms with van der Waals surface area (Å²) in [6, 6.07) is 4.15. The van der Waals surface area contributed by atoms with E-state index in [1.165, 1.54) is 18.2 Å². The van der Waals surface area contributed by atoms with Gasteiger partial charge < -0.3 is 4.74 Å². The molecule has 0 bridgehead atoms. The van der Waals surface area contributed by atoms with Crippen LogP contribution in [0.25, 0.3) is 0 Å². The van der Waals surface area contributed by atoms with Crippen molar-refractivity contribution in [3.8, 4) is 0 Å². The van der Waals surface area contributed by atoms with E-state index in [1.807, 2.05) is 0 Å². The molecule has 1 aliphatic carbocycles. The summed E-state index contributed by atoms with van der Waals surface area (Å²) >= 11 is 5.92. The summed E-state index contributed by atoms with van der Waals surface area (Å²) in [5.41, 5.74) is 0.0538. The molecule has 1 aromatic carbocycles. The number of benzene rings is 1. The number of nitro benzene ring substituents is 1. The molecule has 0 saturated heterocycles. The zero-order valence-electron chi connectivity index (χ0n) is 12.1. The molecule has 1 aromatic rings. The van der Waals surface area contributed by atoms with Gasteiger partial charge in [-0.15, -0.1) is 0 Å². The van der Waals surface area contributed by atoms with Gasteiger partial charge in [0.05, 0.1) is 10.5 Å². The average molecular weight is 312 g/mol. The fraction of sp³-hybridized carbons (Fsp3) is 0.533. The molecule has 0 radical (unpaired) electrons. The minimum atomic E-state index is -0.609. The Bertz CT molecular complexity index is 561. The summed E-state index contributed by atoms with van der Waals surface area (Å²) < 4.78 is 5.44. The first kappa shape index (κ1) is 15.8. The largest absolute Gasteiger partial charge is 0.459 e. The van der Waals surface area contributed by atoms with Crippen molar-refractivity contribution in [1.82, 2.24) is 0 Å². The number of hydrogen-bond acceptors (Lipinski definition) is 4. The Morgan fingerprint density at radius 1 is 1.38 bits per heavy atom. The molecule has 1 saturated carbocycles. The number of nitro groups is 1. The Balaban J connectivity index is 2.08. The van der Waals surface area contributed by atoms with Gasteiger partial charge >= 0.3 is 5.97 Å². The van der Waals surface area contributed by atoms with Crippen LogP contribution in [0.3, 0.4) is 0 Å². The molecule has 21 heavy (non-hydrogen) atoms. The van der Waals surface area contributed by atoms with Crippen LogP contribution in [-0.2, 0) is 4.74 Å². The van der Waals surface area contributed by atoms with Gasteiger partial charge in [0.15, 0.2) is 0 Å². The van der Waals surface area contributed by atoms with Crippen LogP contribution >= 0.6 is 11.6 Å². The van der Waals surface area contributed by atoms with Crippen LogP contribution < -0.4 is 0 Å². The minimum absolute atomic E-state index is 0.0516. The number of carbonyl (C=O) groups excluding carboxylic acids is 1. The van der Waals surface area contributed by atoms with Crippen LogP contribution in [0.4, 0.5) is 5.69 Å². The van der Waals surface area contributed by atoms with Gasteiger partial charge in [-0.3, -0.25) is 10.1 Å². The first-order valence-corrected chi connectivity index (χ1v) is 7.32. The second kappa shape index (κ2) is 6.02. The summed E-state index contributed by atoms with van der Waals surface area (Å²) in [6.07, 6.45) is 3.47. The Morgan fingerprint density at radius 2 is 2.00 bits per heavy atom. The van der Waals surface area contributed by atoms with Crippen molar-refractivity contribution in [3.63, 3.8) is 0 Å². The minimum Gasteiger partial charge on any atom is -0.459 e. The molecule has 0 amide bonds. The van der Waals surface area contributed by atoms with Gasteiger partial charge in [-0.1, -0.05) is 31.5 Å². The zero-order chi connectivity index (χ0) is 15.6. The highest BCUT2D eigenvalue weighted by Gasteiger charge is 2.30. The highest BCUT2D eigenvalue weighted by Crippen LogP contribution is 2.37. The number of rotatable bonds is 3. The fourth-order valence-corrected chi connectivity index (χ4v) is 2.80. The van der Waals surface area contributed by atoms with Gasteiger partial charge in [0.25, 0.3) is 5.69 Å². The maximum absolute atomic E-state index is 12.1. The molecule has 5 nitrogen and oxygen atoms in total. The highest BCUT2D eigenvalue weighted by molar-refractivity contribution is 6.35. The van der Waals surface area contributed by atoms with Crippen molar-refractivity contribution in [2.24, 2.45) is 5.41 Å². The van der Waals surface area contributed by atoms with E-state index in [1.54, 1.807) is 0 Å². The van der Waals surface area contributed by atoms with Gasteiger partial charge in [0.1, 0.15) is 11.1 Å². The van der Waals surface area contributed by atoms with Crippen molar-refractivity contribution >= 4 is 23.3 Å². The van der Waals surface area contributed by atoms with Crippen LogP contribution in [0, 0.1) is 15.5 Å². The lowest BCUT2D eigenvalue weighted by atomic mass is 9.76. The Kier molecular flexibility index (Phi) is 4.52. The van der Waals surface area contributed by atoms with Crippen molar-refractivity contribution in [1.29, 1.82) is 0 Å². The predicted molar refractivity (Wildman–Crippen MR) is 79.6 cm³/mol. The van der Waals surface area contributed by atoms with Crippen LogP contribution in [0.2, 0.25) is 5.02 Å². The molecule has 0 N–H and O–H groups in total. The quantitative estimate of drug-likeness (QED) is 0.472. The zero-order valence-corrected chi connectivity index (χ0v) is 12.9. The standard InChI is InChI=1S/C15H18ClNO4/c1-15(2)8-6-10(7-9-15)21-14(18)11-4-3-5-12(13(11)16)17(19)20/h3-5,10H,6-9H2,1-2H3. The van der Waals surface area contributed by atoms with Crippen molar-refractivity contribution in [2.75, 3.05) is 0 Å². The van der Waals surface area contributed by atoms with Crippen LogP contribution in [-0.4, -0.2) is 17.0 Å². The summed E-state index contributed by atoms with van der Waals surface area (Å²) in [4.78, 5) is 22.4. The van der Waals surface area contributed by atoms with Crippen molar-refractivity contribution in [3.05, 3.63) is 38.9 Å². The summed E-state index contributed by atoms with van der Waals surface area (Å²) in [5.74, 6) is -0.589. The van der Waals surface area contributed by atoms with Gasteiger partial charge in [-0.05, 0) is 37.2 Å². The monoisotopic (exact) mass is 311 g/mol. The number of hydrogen-bond donors (Lipinski definition) is 0. The SMILES string of the molecule is CC1(C)CCC(OC(=O)c2cccc([N+](=O)[O-])c2Cl)CC1. The number of esters is 1. The number of halogens is 1. The molecule has 0 atom stereocenters. The van der Waals surface area contributed by atoms with E-state index in [9.17, 15) is 14.9 Å². The van der Waals surface area contributed by atoms with Gasteiger partial charge in [-0.25, -0.2) is 4.79 Å². The summed E-state index contributed by atoms with van der Waals surface area (Å²) in [6.45, 7) is 4.39. The Morgan fingerprint density at radius 3 is 2.57 bits per heavy atom. The Hall–Kier alpha value is -1.62. The smallest absolute Gasteiger partial charge is 0.340 e. The fourth-order valence-electron chi connectivity index (χ4n) is 2.52. The predicted octanol–water partition coefficient (Wildman–Crippen LogP) is 4.37. The van der Waals surface area contributed by atoms with Gasteiger partial charge in [0, 0.05) is 6.07 Å². The van der Waals surface area contributed by atoms with E-state index >= 15 is 0 Å². The lowest BCUT2D eigenvalue weighted by Crippen LogP contribution is -2.28. The van der Waals surface area contributed by atoms with E-state index in [0.717, 1.165) is 25.7 Å². The molecule has 2 rings (SSSR count). The van der Waals surface area contributed by atoms with E-state index < -0.39 is 10.9 Å². The number of ether oxygens (including phenoxy) is 1. The lowest BCUT2D eigenvalue weighted by Gasteiger charge is -2.33. The van der Waals surface area contributed by atoms with Gasteiger partial charge in [-0.2, -0.15) is 0 Å². The second-order valence-electron chi connectivity index (χ2n) is 6.16. The first-order chi connectivity index (χ1) is 9.80. The van der Waals surface area contributed by atoms with Crippen LogP contribution in [0.5, 0.6) is 0 Å². The molecule has 0 aromatic heterocycles. The number of nitrogens with zero attached hydrogens (tertiary/aromatic N) is 1. The topological polar surface area (TPSA) is 69.4 Å². The van der Waals surface area contributed by atoms with E-state index in [-0.39, 0.29) is 27.8 Å². The Labute approximate surface area is 128 Å². The maximum atomic E-state index is 12.1. The van der Waals surface area contributed by atoms with Crippen LogP contribution in [0.15, 0.2) is 18.2 Å². The van der Waals surface area contributed by atoms with Gasteiger partial charge in [0.2, 0.25) is 0 Å². The third-order valence-corrected chi connectivity index (χ3v) is 4.35. The summed E-state index contributed by atoms with van der Waals surface area (Å²) in [5, 5.41) is 10.7. The average Bonchev–Trinajstić information content (AvgIpc) is 2.41. The van der Waals surface area contributed by atoms with Crippen LogP contribution in [0.1, 0.15) is 49.9 Å². The van der Waals surface area contributed by atoms with E-state index in [4.69, 9.17) is 16.3 Å². The van der Waals surface area contributed by atoms with E-state index in [2.05, 4.69) is 13.8 Å². The molecule has 6 heteroatoms. The second-order valence-corrected chi connectivity index (χ2v) is 6.54. The highest BCUT2D eigenvalue weighted by atomic mass is 35.5. The molecule has 114 valence electrons. The normalized spacial score (nSPS) is 18.2. The van der Waals surface area contributed by atoms with Crippen molar-refractivity contribution in [2.45, 2.75) is 45.6 Å². The molecular weight excluding hydrogens is 294 g/mol. The summed E-state index contributed by atoms with van der Waals surface area (Å²) in [7, 11) is 0. The molecule has 0 spiro atoms. The molecule has 1 fully saturated rings. The molecule has 0 unspecified atom stereocenters. The molecule has 0 heterocycles. The lowest BCUT2D eigenvalue weighted by molar-refractivity contribution is -0.384. The molecule has 1 aliphatic rings. The molecular formula is C15H18ClNO4.